The number of ether oxygens (including phenoxy) is 2. The minimum Gasteiger partial charge on any atom is -0.545 e. The molecule has 0 unspecified atom stereocenters. The molecule has 1 heterocycles. The number of carbonyl (C=O) groups excluding carboxylic acids is 2. The maximum atomic E-state index is 12.7. The zero-order chi connectivity index (χ0) is 18.8. The molecular formula is C18H31NO5Si. The minimum absolute atomic E-state index is 0.198. The predicted molar refractivity (Wildman–Crippen MR) is 97.3 cm³/mol. The molecule has 2 aliphatic rings. The highest BCUT2D eigenvalue weighted by Gasteiger charge is 2.57. The van der Waals surface area contributed by atoms with E-state index in [2.05, 4.69) is 20.8 Å². The Kier molecular flexibility index (Phi) is 6.45. The van der Waals surface area contributed by atoms with Crippen molar-refractivity contribution < 1.29 is 23.5 Å². The molecule has 0 aromatic rings. The van der Waals surface area contributed by atoms with Crippen LogP contribution in [0.1, 0.15) is 27.7 Å². The maximum absolute atomic E-state index is 12.7. The summed E-state index contributed by atoms with van der Waals surface area (Å²) in [5, 5.41) is 0. The highest BCUT2D eigenvalue weighted by molar-refractivity contribution is 6.73. The topological polar surface area (TPSA) is 65.1 Å². The van der Waals surface area contributed by atoms with Crippen molar-refractivity contribution in [2.75, 3.05) is 20.8 Å². The van der Waals surface area contributed by atoms with Gasteiger partial charge in [-0.05, 0) is 31.1 Å². The predicted octanol–water partition coefficient (Wildman–Crippen LogP) is 2.56. The molecule has 142 valence electrons. The maximum Gasteiger partial charge on any atom is 0.250 e. The second-order valence-corrected chi connectivity index (χ2v) is 11.5. The van der Waals surface area contributed by atoms with Crippen molar-refractivity contribution in [3.8, 4) is 0 Å². The number of amides is 2. The molecule has 1 fully saturated rings. The number of fused-ring (bicyclic) bond motifs is 1. The molecule has 0 aromatic carbocycles. The molecular weight excluding hydrogens is 338 g/mol. The number of methoxy groups -OCH3 is 1. The molecule has 2 amide bonds. The van der Waals surface area contributed by atoms with Crippen LogP contribution in [0.5, 0.6) is 0 Å². The Morgan fingerprint density at radius 1 is 1.04 bits per heavy atom. The minimum atomic E-state index is -1.93. The summed E-state index contributed by atoms with van der Waals surface area (Å²) >= 11 is 0. The van der Waals surface area contributed by atoms with Gasteiger partial charge in [0.2, 0.25) is 20.1 Å². The van der Waals surface area contributed by atoms with Crippen molar-refractivity contribution in [2.24, 2.45) is 11.8 Å². The molecule has 0 bridgehead atoms. The molecule has 1 saturated heterocycles. The fourth-order valence-corrected chi connectivity index (χ4v) is 6.60. The van der Waals surface area contributed by atoms with Crippen molar-refractivity contribution >= 4 is 20.1 Å². The van der Waals surface area contributed by atoms with Gasteiger partial charge in [-0.2, -0.15) is 0 Å². The van der Waals surface area contributed by atoms with Gasteiger partial charge in [0.1, 0.15) is 11.9 Å². The van der Waals surface area contributed by atoms with Gasteiger partial charge in [-0.1, -0.05) is 20.8 Å². The molecule has 0 N–H and O–H groups in total. The van der Waals surface area contributed by atoms with E-state index >= 15 is 0 Å². The number of rotatable bonds is 8. The third kappa shape index (κ3) is 3.41. The van der Waals surface area contributed by atoms with Crippen LogP contribution in [0.15, 0.2) is 11.8 Å². The summed E-state index contributed by atoms with van der Waals surface area (Å²) in [6.07, 6.45) is 0.904. The first-order valence-corrected chi connectivity index (χ1v) is 11.8. The first-order valence-electron chi connectivity index (χ1n) is 9.26. The zero-order valence-corrected chi connectivity index (χ0v) is 17.2. The van der Waals surface area contributed by atoms with Gasteiger partial charge in [-0.15, -0.1) is 0 Å². The van der Waals surface area contributed by atoms with Crippen LogP contribution in [0.2, 0.25) is 18.1 Å². The van der Waals surface area contributed by atoms with E-state index in [-0.39, 0.29) is 11.8 Å². The van der Waals surface area contributed by atoms with E-state index in [9.17, 15) is 9.59 Å². The SMILES string of the molecule is CCO[C@H]1C=C(O[Si](CC)(CC)CC)[C@H](OC)[C@H]2C(=O)N(C)C(=O)[C@H]21. The molecule has 0 aromatic heterocycles. The van der Waals surface area contributed by atoms with Crippen LogP contribution in [-0.4, -0.2) is 58.0 Å². The summed E-state index contributed by atoms with van der Waals surface area (Å²) < 4.78 is 18.0. The normalized spacial score (nSPS) is 29.7. The Bertz CT molecular complexity index is 537. The van der Waals surface area contributed by atoms with Crippen LogP contribution in [0.3, 0.4) is 0 Å². The number of hydrogen-bond acceptors (Lipinski definition) is 5. The summed E-state index contributed by atoms with van der Waals surface area (Å²) in [4.78, 5) is 26.5. The zero-order valence-electron chi connectivity index (χ0n) is 16.2. The van der Waals surface area contributed by atoms with Gasteiger partial charge < -0.3 is 13.9 Å². The molecule has 4 atom stereocenters. The van der Waals surface area contributed by atoms with Gasteiger partial charge in [0.25, 0.3) is 0 Å². The number of nitrogens with zero attached hydrogens (tertiary/aromatic N) is 1. The van der Waals surface area contributed by atoms with Crippen LogP contribution in [-0.2, 0) is 23.5 Å². The highest BCUT2D eigenvalue weighted by Crippen LogP contribution is 2.42. The Hall–Kier alpha value is -1.18. The molecule has 2 rings (SSSR count). The Balaban J connectivity index is 2.45. The van der Waals surface area contributed by atoms with E-state index in [4.69, 9.17) is 13.9 Å². The van der Waals surface area contributed by atoms with Crippen molar-refractivity contribution in [1.82, 2.24) is 4.90 Å². The van der Waals surface area contributed by atoms with Crippen molar-refractivity contribution in [1.29, 1.82) is 0 Å². The van der Waals surface area contributed by atoms with Crippen LogP contribution in [0.25, 0.3) is 0 Å². The number of hydrogen-bond donors (Lipinski definition) is 0. The van der Waals surface area contributed by atoms with E-state index < -0.39 is 32.4 Å². The lowest BCUT2D eigenvalue weighted by Gasteiger charge is -2.39. The second-order valence-electron chi connectivity index (χ2n) is 6.78. The monoisotopic (exact) mass is 369 g/mol. The van der Waals surface area contributed by atoms with Crippen LogP contribution in [0.4, 0.5) is 0 Å². The Labute approximate surface area is 151 Å². The molecule has 1 aliphatic carbocycles. The average Bonchev–Trinajstić information content (AvgIpc) is 2.85. The summed E-state index contributed by atoms with van der Waals surface area (Å²) in [6.45, 7) is 8.83. The summed E-state index contributed by atoms with van der Waals surface area (Å²) in [7, 11) is 1.17. The number of carbonyl (C=O) groups is 2. The highest BCUT2D eigenvalue weighted by atomic mass is 28.4. The van der Waals surface area contributed by atoms with Gasteiger partial charge in [-0.25, -0.2) is 0 Å². The second kappa shape index (κ2) is 8.01. The smallest absolute Gasteiger partial charge is 0.250 e. The third-order valence-corrected chi connectivity index (χ3v) is 10.3. The lowest BCUT2D eigenvalue weighted by molar-refractivity contribution is -0.139. The molecule has 1 aliphatic heterocycles. The summed E-state index contributed by atoms with van der Waals surface area (Å²) in [5.74, 6) is -0.837. The number of imide groups is 1. The third-order valence-electron chi connectivity index (χ3n) is 5.79. The van der Waals surface area contributed by atoms with Crippen LogP contribution in [0, 0.1) is 11.8 Å². The van der Waals surface area contributed by atoms with E-state index in [0.29, 0.717) is 12.4 Å². The van der Waals surface area contributed by atoms with Gasteiger partial charge in [0.05, 0.1) is 17.9 Å². The standard InChI is InChI=1S/C18H31NO5Si/c1-7-23-12-11-13(24-25(8-2,9-3)10-4)16(22-6)15-14(12)17(20)19(5)18(15)21/h11-12,14-16H,7-10H2,1-6H3/t12-,14-,15-,16-/m0/s1. The van der Waals surface area contributed by atoms with Crippen molar-refractivity contribution in [3.05, 3.63) is 11.8 Å². The average molecular weight is 370 g/mol. The van der Waals surface area contributed by atoms with Gasteiger partial charge >= 0.3 is 0 Å². The summed E-state index contributed by atoms with van der Waals surface area (Å²) in [5.41, 5.74) is 0. The Morgan fingerprint density at radius 2 is 1.60 bits per heavy atom. The first kappa shape index (κ1) is 20.1. The van der Waals surface area contributed by atoms with Crippen LogP contribution >= 0.6 is 0 Å². The number of likely N-dealkylation sites (tertiary alicyclic amines) is 1. The molecule has 25 heavy (non-hydrogen) atoms. The van der Waals surface area contributed by atoms with E-state index in [1.165, 1.54) is 11.9 Å². The molecule has 0 saturated carbocycles. The van der Waals surface area contributed by atoms with E-state index in [1.807, 2.05) is 13.0 Å². The van der Waals surface area contributed by atoms with Gasteiger partial charge in [0, 0.05) is 20.8 Å². The fourth-order valence-electron chi connectivity index (χ4n) is 3.98. The summed E-state index contributed by atoms with van der Waals surface area (Å²) in [6, 6.07) is 2.98. The fraction of sp³-hybridized carbons (Fsp3) is 0.778. The van der Waals surface area contributed by atoms with E-state index in [0.717, 1.165) is 18.1 Å². The van der Waals surface area contributed by atoms with Crippen molar-refractivity contribution in [2.45, 2.75) is 58.0 Å². The molecule has 6 nitrogen and oxygen atoms in total. The van der Waals surface area contributed by atoms with Crippen molar-refractivity contribution in [3.63, 3.8) is 0 Å². The lowest BCUT2D eigenvalue weighted by Crippen LogP contribution is -2.47. The van der Waals surface area contributed by atoms with Gasteiger partial charge in [0.15, 0.2) is 0 Å². The quantitative estimate of drug-likeness (QED) is 0.486. The Morgan fingerprint density at radius 3 is 2.08 bits per heavy atom. The van der Waals surface area contributed by atoms with E-state index in [1.54, 1.807) is 7.11 Å². The molecule has 7 heteroatoms. The largest absolute Gasteiger partial charge is 0.545 e. The first-order chi connectivity index (χ1) is 11.9. The van der Waals surface area contributed by atoms with Crippen LogP contribution < -0.4 is 0 Å². The molecule has 0 spiro atoms. The van der Waals surface area contributed by atoms with Gasteiger partial charge in [-0.3, -0.25) is 14.5 Å². The lowest BCUT2D eigenvalue weighted by atomic mass is 9.80. The molecule has 0 radical (unpaired) electrons.